The van der Waals surface area contributed by atoms with E-state index in [1.54, 1.807) is 6.08 Å². The minimum absolute atomic E-state index is 0.0931. The molecule has 214 valence electrons. The van der Waals surface area contributed by atoms with Crippen molar-refractivity contribution >= 4 is 96.5 Å². The van der Waals surface area contributed by atoms with E-state index < -0.39 is 35.3 Å². The van der Waals surface area contributed by atoms with Crippen LogP contribution in [0.15, 0.2) is 83.8 Å². The Balaban J connectivity index is 1.25. The Labute approximate surface area is 270 Å². The van der Waals surface area contributed by atoms with Crippen LogP contribution in [0.2, 0.25) is 0 Å². The summed E-state index contributed by atoms with van der Waals surface area (Å²) in [5, 5.41) is 3.94. The van der Waals surface area contributed by atoms with Crippen molar-refractivity contribution in [3.05, 3.63) is 108 Å². The van der Waals surface area contributed by atoms with E-state index in [1.807, 2.05) is 36.4 Å². The third kappa shape index (κ3) is 7.09. The summed E-state index contributed by atoms with van der Waals surface area (Å²) in [6, 6.07) is 22.0. The summed E-state index contributed by atoms with van der Waals surface area (Å²) in [6.45, 7) is -0.257. The normalized spacial score (nSPS) is 14.6. The van der Waals surface area contributed by atoms with E-state index in [0.29, 0.717) is 29.7 Å². The van der Waals surface area contributed by atoms with Crippen molar-refractivity contribution in [1.82, 2.24) is 4.90 Å². The number of amides is 3. The lowest BCUT2D eigenvalue weighted by Crippen LogP contribution is -2.36. The van der Waals surface area contributed by atoms with Gasteiger partial charge in [0, 0.05) is 5.69 Å². The predicted octanol–water partition coefficient (Wildman–Crippen LogP) is 8.32. The van der Waals surface area contributed by atoms with Crippen LogP contribution in [0, 0.1) is 7.14 Å². The maximum Gasteiger partial charge on any atom is 0.416 e. The van der Waals surface area contributed by atoms with Crippen LogP contribution in [-0.2, 0) is 22.4 Å². The fourth-order valence-electron chi connectivity index (χ4n) is 4.19. The number of anilines is 1. The summed E-state index contributed by atoms with van der Waals surface area (Å²) in [4.78, 5) is 38.8. The highest BCUT2D eigenvalue weighted by atomic mass is 127. The largest absolute Gasteiger partial charge is 0.487 e. The molecule has 6 nitrogen and oxygen atoms in total. The second-order valence-electron chi connectivity index (χ2n) is 9.18. The molecule has 5 rings (SSSR count). The number of carbonyl (C=O) groups excluding carboxylic acids is 3. The number of hydrogen-bond acceptors (Lipinski definition) is 5. The van der Waals surface area contributed by atoms with Crippen molar-refractivity contribution in [3.63, 3.8) is 0 Å². The number of imide groups is 1. The fourth-order valence-corrected chi connectivity index (χ4v) is 7.16. The summed E-state index contributed by atoms with van der Waals surface area (Å²) < 4.78 is 46.6. The number of hydrogen-bond donors (Lipinski definition) is 1. The number of nitrogens with one attached hydrogen (secondary N) is 1. The average molecular weight is 814 g/mol. The highest BCUT2D eigenvalue weighted by Crippen LogP contribution is 2.35. The van der Waals surface area contributed by atoms with Gasteiger partial charge < -0.3 is 10.1 Å². The molecule has 0 saturated carbocycles. The van der Waals surface area contributed by atoms with Gasteiger partial charge in [0.2, 0.25) is 5.91 Å². The topological polar surface area (TPSA) is 75.7 Å². The van der Waals surface area contributed by atoms with Gasteiger partial charge in [0.1, 0.15) is 18.9 Å². The predicted molar refractivity (Wildman–Crippen MR) is 173 cm³/mol. The van der Waals surface area contributed by atoms with Crippen LogP contribution < -0.4 is 10.1 Å². The number of thioether (sulfide) groups is 1. The Hall–Kier alpha value is -3.11. The highest BCUT2D eigenvalue weighted by Gasteiger charge is 2.36. The van der Waals surface area contributed by atoms with Gasteiger partial charge in [0.05, 0.1) is 17.6 Å². The fraction of sp³-hybridized carbons (Fsp3) is 0.100. The second kappa shape index (κ2) is 12.6. The lowest BCUT2D eigenvalue weighted by atomic mass is 10.1. The number of ether oxygens (including phenoxy) is 1. The summed E-state index contributed by atoms with van der Waals surface area (Å²) in [5.41, 5.74) is 0.670. The maximum atomic E-state index is 13.0. The van der Waals surface area contributed by atoms with E-state index in [9.17, 15) is 27.6 Å². The van der Waals surface area contributed by atoms with Gasteiger partial charge in [-0.05, 0) is 121 Å². The molecular weight excluding hydrogens is 795 g/mol. The molecule has 0 spiro atoms. The molecule has 0 radical (unpaired) electrons. The standard InChI is InChI=1S/C30H19F3I2N2O4S/c31-30(32,33)21-6-3-7-22(14-21)36-26(38)15-37-28(39)25(42-29(37)40)13-18-11-23(34)27(24(35)12-18)41-16-17-8-9-19-4-1-2-5-20(19)10-17/h1-14H,15-16H2,(H,36,38)/b25-13-. The maximum absolute atomic E-state index is 13.0. The summed E-state index contributed by atoms with van der Waals surface area (Å²) >= 11 is 4.99. The van der Waals surface area contributed by atoms with Crippen LogP contribution in [0.5, 0.6) is 5.75 Å². The van der Waals surface area contributed by atoms with Crippen LogP contribution >= 0.6 is 56.9 Å². The molecule has 12 heteroatoms. The molecule has 1 aliphatic rings. The number of nitrogens with zero attached hydrogens (tertiary/aromatic N) is 1. The molecule has 0 bridgehead atoms. The van der Waals surface area contributed by atoms with Gasteiger partial charge in [-0.1, -0.05) is 42.5 Å². The molecule has 1 heterocycles. The van der Waals surface area contributed by atoms with E-state index in [2.05, 4.69) is 68.7 Å². The first-order valence-electron chi connectivity index (χ1n) is 12.3. The lowest BCUT2D eigenvalue weighted by Gasteiger charge is -2.14. The zero-order valence-electron chi connectivity index (χ0n) is 21.4. The second-order valence-corrected chi connectivity index (χ2v) is 12.5. The third-order valence-corrected chi connectivity index (χ3v) is 8.67. The Morgan fingerprint density at radius 1 is 0.929 bits per heavy atom. The number of alkyl halides is 3. The molecule has 1 N–H and O–H groups in total. The molecule has 42 heavy (non-hydrogen) atoms. The van der Waals surface area contributed by atoms with Crippen LogP contribution in [0.25, 0.3) is 16.8 Å². The Kier molecular flexibility index (Phi) is 9.13. The first-order chi connectivity index (χ1) is 20.0. The van der Waals surface area contributed by atoms with Crippen LogP contribution in [-0.4, -0.2) is 28.5 Å². The number of rotatable bonds is 7. The van der Waals surface area contributed by atoms with Crippen molar-refractivity contribution in [2.45, 2.75) is 12.8 Å². The molecule has 0 atom stereocenters. The van der Waals surface area contributed by atoms with Crippen LogP contribution in [0.1, 0.15) is 16.7 Å². The third-order valence-electron chi connectivity index (χ3n) is 6.16. The zero-order valence-corrected chi connectivity index (χ0v) is 26.5. The molecule has 4 aromatic rings. The molecule has 3 amide bonds. The summed E-state index contributed by atoms with van der Waals surface area (Å²) in [5.74, 6) is -0.762. The zero-order chi connectivity index (χ0) is 30.0. The SMILES string of the molecule is O=C(CN1C(=O)S/C(=C\c2cc(I)c(OCc3ccc4ccccc4c3)c(I)c2)C1=O)Nc1cccc(C(F)(F)F)c1. The van der Waals surface area contributed by atoms with Crippen molar-refractivity contribution in [1.29, 1.82) is 0 Å². The summed E-state index contributed by atoms with van der Waals surface area (Å²) in [7, 11) is 0. The van der Waals surface area contributed by atoms with Crippen molar-refractivity contribution in [3.8, 4) is 5.75 Å². The molecule has 1 aliphatic heterocycles. The molecule has 1 saturated heterocycles. The van der Waals surface area contributed by atoms with Gasteiger partial charge in [-0.3, -0.25) is 19.3 Å². The highest BCUT2D eigenvalue weighted by molar-refractivity contribution is 14.1. The van der Waals surface area contributed by atoms with Gasteiger partial charge in [-0.25, -0.2) is 0 Å². The number of benzene rings is 4. The van der Waals surface area contributed by atoms with E-state index in [-0.39, 0.29) is 10.6 Å². The van der Waals surface area contributed by atoms with Gasteiger partial charge in [0.15, 0.2) is 0 Å². The molecule has 1 fully saturated rings. The van der Waals surface area contributed by atoms with Crippen molar-refractivity contribution in [2.75, 3.05) is 11.9 Å². The number of halogens is 5. The Morgan fingerprint density at radius 2 is 1.64 bits per heavy atom. The van der Waals surface area contributed by atoms with Crippen LogP contribution in [0.3, 0.4) is 0 Å². The van der Waals surface area contributed by atoms with Crippen molar-refractivity contribution < 1.29 is 32.3 Å². The van der Waals surface area contributed by atoms with Gasteiger partial charge in [-0.15, -0.1) is 0 Å². The van der Waals surface area contributed by atoms with Gasteiger partial charge in [0.25, 0.3) is 11.1 Å². The first kappa shape index (κ1) is 30.4. The molecule has 0 unspecified atom stereocenters. The van der Waals surface area contributed by atoms with Crippen LogP contribution in [0.4, 0.5) is 23.7 Å². The monoisotopic (exact) mass is 814 g/mol. The first-order valence-corrected chi connectivity index (χ1v) is 15.3. The minimum atomic E-state index is -4.57. The van der Waals surface area contributed by atoms with Gasteiger partial charge in [-0.2, -0.15) is 13.2 Å². The van der Waals surface area contributed by atoms with E-state index in [0.717, 1.165) is 46.6 Å². The smallest absolute Gasteiger partial charge is 0.416 e. The summed E-state index contributed by atoms with van der Waals surface area (Å²) in [6.07, 6.45) is -3.01. The molecular formula is C30H19F3I2N2O4S. The van der Waals surface area contributed by atoms with Gasteiger partial charge >= 0.3 is 6.18 Å². The van der Waals surface area contributed by atoms with Crippen molar-refractivity contribution in [2.24, 2.45) is 0 Å². The number of carbonyl (C=O) groups is 3. The Bertz CT molecular complexity index is 1740. The average Bonchev–Trinajstić information content (AvgIpc) is 3.19. The van der Waals surface area contributed by atoms with E-state index >= 15 is 0 Å². The lowest BCUT2D eigenvalue weighted by molar-refractivity contribution is -0.137. The molecule has 4 aromatic carbocycles. The quantitative estimate of drug-likeness (QED) is 0.150. The van der Waals surface area contributed by atoms with E-state index in [1.165, 1.54) is 6.07 Å². The molecule has 0 aromatic heterocycles. The molecule has 0 aliphatic carbocycles. The minimum Gasteiger partial charge on any atom is -0.487 e. The van der Waals surface area contributed by atoms with E-state index in [4.69, 9.17) is 4.74 Å². The Morgan fingerprint density at radius 3 is 2.36 bits per heavy atom. The number of fused-ring (bicyclic) bond motifs is 1.